The Morgan fingerprint density at radius 1 is 1.14 bits per heavy atom. The highest BCUT2D eigenvalue weighted by Gasteiger charge is 2.13. The van der Waals surface area contributed by atoms with Crippen LogP contribution in [-0.4, -0.2) is 15.5 Å². The van der Waals surface area contributed by atoms with Crippen molar-refractivity contribution in [2.75, 3.05) is 5.32 Å². The summed E-state index contributed by atoms with van der Waals surface area (Å²) < 4.78 is 1.87. The average molecular weight is 424 g/mol. The summed E-state index contributed by atoms with van der Waals surface area (Å²) in [5.41, 5.74) is 4.10. The third-order valence-corrected chi connectivity index (χ3v) is 6.11. The lowest BCUT2D eigenvalue weighted by molar-refractivity contribution is -0.116. The molecule has 0 spiro atoms. The number of anilines is 1. The number of fused-ring (bicyclic) bond motifs is 1. The van der Waals surface area contributed by atoms with Gasteiger partial charge >= 0.3 is 0 Å². The molecule has 4 aromatic rings. The molecular weight excluding hydrogens is 406 g/mol. The van der Waals surface area contributed by atoms with Crippen LogP contribution in [0.5, 0.6) is 0 Å². The smallest absolute Gasteiger partial charge is 0.271 e. The van der Waals surface area contributed by atoms with E-state index in [1.165, 1.54) is 22.2 Å². The maximum absolute atomic E-state index is 12.9. The second-order valence-electron chi connectivity index (χ2n) is 6.82. The van der Waals surface area contributed by atoms with Crippen LogP contribution in [0, 0.1) is 13.8 Å². The fourth-order valence-corrected chi connectivity index (χ4v) is 4.35. The molecule has 0 bridgehead atoms. The number of halogens is 1. The maximum Gasteiger partial charge on any atom is 0.271 e. The van der Waals surface area contributed by atoms with E-state index in [1.807, 2.05) is 62.4 Å². The lowest BCUT2D eigenvalue weighted by Gasteiger charge is -2.12. The molecule has 7 heteroatoms. The Balaban J connectivity index is 1.61. The largest absolute Gasteiger partial charge is 0.324 e. The van der Waals surface area contributed by atoms with Crippen molar-refractivity contribution in [3.05, 3.63) is 81.4 Å². The molecule has 2 aromatic carbocycles. The van der Waals surface area contributed by atoms with E-state index in [0.717, 1.165) is 27.3 Å². The van der Waals surface area contributed by atoms with Crippen LogP contribution in [0.3, 0.4) is 0 Å². The van der Waals surface area contributed by atoms with Crippen LogP contribution in [0.4, 0.5) is 5.69 Å². The normalized spacial score (nSPS) is 11.0. The molecule has 1 amide bonds. The Morgan fingerprint density at radius 2 is 1.83 bits per heavy atom. The Morgan fingerprint density at radius 3 is 2.52 bits per heavy atom. The summed E-state index contributed by atoms with van der Waals surface area (Å²) in [6, 6.07) is 15.1. The first-order valence-corrected chi connectivity index (χ1v) is 10.2. The lowest BCUT2D eigenvalue weighted by atomic mass is 10.1. The van der Waals surface area contributed by atoms with Gasteiger partial charge in [0, 0.05) is 15.6 Å². The zero-order valence-corrected chi connectivity index (χ0v) is 17.5. The molecular formula is C22H18ClN3O2S. The van der Waals surface area contributed by atoms with E-state index in [9.17, 15) is 9.59 Å². The number of thiophene rings is 1. The molecule has 29 heavy (non-hydrogen) atoms. The first-order valence-electron chi connectivity index (χ1n) is 9.03. The quantitative estimate of drug-likeness (QED) is 0.500. The van der Waals surface area contributed by atoms with Gasteiger partial charge in [0.25, 0.3) is 5.56 Å². The predicted octanol–water partition coefficient (Wildman–Crippen LogP) is 5.03. The molecule has 0 fully saturated rings. The average Bonchev–Trinajstić information content (AvgIpc) is 3.13. The molecule has 2 heterocycles. The lowest BCUT2D eigenvalue weighted by Crippen LogP contribution is -2.27. The summed E-state index contributed by atoms with van der Waals surface area (Å²) in [5, 5.41) is 3.56. The number of carbonyl (C=O) groups is 1. The van der Waals surface area contributed by atoms with Crippen LogP contribution in [0.1, 0.15) is 11.1 Å². The van der Waals surface area contributed by atoms with Crippen molar-refractivity contribution in [1.82, 2.24) is 9.55 Å². The SMILES string of the molecule is Cc1cccc(C)c1NC(=O)Cn1cnc2cc(-c3ccc(Cl)cc3)sc2c1=O. The van der Waals surface area contributed by atoms with E-state index in [-0.39, 0.29) is 18.0 Å². The number of nitrogens with zero attached hydrogens (tertiary/aromatic N) is 2. The predicted molar refractivity (Wildman–Crippen MR) is 119 cm³/mol. The number of para-hydroxylation sites is 1. The third kappa shape index (κ3) is 3.95. The highest BCUT2D eigenvalue weighted by atomic mass is 35.5. The molecule has 146 valence electrons. The van der Waals surface area contributed by atoms with Crippen molar-refractivity contribution >= 4 is 44.7 Å². The Hall–Kier alpha value is -2.96. The van der Waals surface area contributed by atoms with Crippen molar-refractivity contribution in [3.8, 4) is 10.4 Å². The number of amides is 1. The van der Waals surface area contributed by atoms with Gasteiger partial charge in [-0.2, -0.15) is 0 Å². The van der Waals surface area contributed by atoms with Crippen molar-refractivity contribution in [2.24, 2.45) is 0 Å². The highest BCUT2D eigenvalue weighted by molar-refractivity contribution is 7.22. The number of carbonyl (C=O) groups excluding carboxylic acids is 1. The van der Waals surface area contributed by atoms with E-state index in [2.05, 4.69) is 10.3 Å². The molecule has 4 rings (SSSR count). The Labute approximate surface area is 176 Å². The van der Waals surface area contributed by atoms with Crippen LogP contribution in [0.15, 0.2) is 59.7 Å². The fraction of sp³-hybridized carbons (Fsp3) is 0.136. The van der Waals surface area contributed by atoms with Gasteiger partial charge in [-0.05, 0) is 48.7 Å². The monoisotopic (exact) mass is 423 g/mol. The molecule has 2 aromatic heterocycles. The second-order valence-corrected chi connectivity index (χ2v) is 8.31. The van der Waals surface area contributed by atoms with Crippen molar-refractivity contribution in [3.63, 3.8) is 0 Å². The number of hydrogen-bond acceptors (Lipinski definition) is 4. The molecule has 0 saturated carbocycles. The summed E-state index contributed by atoms with van der Waals surface area (Å²) in [7, 11) is 0. The van der Waals surface area contributed by atoms with Gasteiger partial charge in [-0.1, -0.05) is 41.9 Å². The molecule has 0 aliphatic heterocycles. The van der Waals surface area contributed by atoms with Gasteiger partial charge in [-0.15, -0.1) is 11.3 Å². The third-order valence-electron chi connectivity index (χ3n) is 4.69. The summed E-state index contributed by atoms with van der Waals surface area (Å²) in [6.07, 6.45) is 1.42. The molecule has 5 nitrogen and oxygen atoms in total. The first-order chi connectivity index (χ1) is 13.9. The number of aryl methyl sites for hydroxylation is 2. The molecule has 0 saturated heterocycles. The van der Waals surface area contributed by atoms with Crippen molar-refractivity contribution in [2.45, 2.75) is 20.4 Å². The van der Waals surface area contributed by atoms with Gasteiger partial charge < -0.3 is 5.32 Å². The van der Waals surface area contributed by atoms with Gasteiger partial charge in [-0.25, -0.2) is 4.98 Å². The van der Waals surface area contributed by atoms with Gasteiger partial charge in [-0.3, -0.25) is 14.2 Å². The van der Waals surface area contributed by atoms with Crippen molar-refractivity contribution < 1.29 is 4.79 Å². The standard InChI is InChI=1S/C22H18ClN3O2S/c1-13-4-3-5-14(2)20(13)25-19(27)11-26-12-24-17-10-18(29-21(17)22(26)28)15-6-8-16(23)9-7-15/h3-10,12H,11H2,1-2H3,(H,25,27). The molecule has 0 atom stereocenters. The molecule has 0 radical (unpaired) electrons. The number of nitrogens with one attached hydrogen (secondary N) is 1. The highest BCUT2D eigenvalue weighted by Crippen LogP contribution is 2.31. The van der Waals surface area contributed by atoms with E-state index < -0.39 is 0 Å². The van der Waals surface area contributed by atoms with Crippen LogP contribution in [-0.2, 0) is 11.3 Å². The summed E-state index contributed by atoms with van der Waals surface area (Å²) in [5.74, 6) is -0.264. The van der Waals surface area contributed by atoms with Crippen LogP contribution in [0.25, 0.3) is 20.7 Å². The van der Waals surface area contributed by atoms with Gasteiger partial charge in [0.2, 0.25) is 5.91 Å². The zero-order valence-electron chi connectivity index (χ0n) is 15.9. The molecule has 0 unspecified atom stereocenters. The summed E-state index contributed by atoms with van der Waals surface area (Å²) in [6.45, 7) is 3.78. The van der Waals surface area contributed by atoms with Gasteiger partial charge in [0.1, 0.15) is 11.2 Å². The van der Waals surface area contributed by atoms with Crippen LogP contribution in [0.2, 0.25) is 5.02 Å². The zero-order chi connectivity index (χ0) is 20.5. The number of aromatic nitrogens is 2. The van der Waals surface area contributed by atoms with Gasteiger partial charge in [0.05, 0.1) is 11.8 Å². The molecule has 0 aliphatic carbocycles. The summed E-state index contributed by atoms with van der Waals surface area (Å²) in [4.78, 5) is 30.7. The minimum absolute atomic E-state index is 0.0935. The first kappa shape index (κ1) is 19.4. The van der Waals surface area contributed by atoms with Gasteiger partial charge in [0.15, 0.2) is 0 Å². The number of benzene rings is 2. The Bertz CT molecular complexity index is 1260. The molecule has 1 N–H and O–H groups in total. The Kier molecular flexibility index (Phi) is 5.22. The summed E-state index contributed by atoms with van der Waals surface area (Å²) >= 11 is 7.31. The van der Waals surface area contributed by atoms with Crippen molar-refractivity contribution in [1.29, 1.82) is 0 Å². The fourth-order valence-electron chi connectivity index (χ4n) is 3.16. The van der Waals surface area contributed by atoms with E-state index >= 15 is 0 Å². The minimum Gasteiger partial charge on any atom is -0.324 e. The minimum atomic E-state index is -0.264. The second kappa shape index (κ2) is 7.81. The van der Waals surface area contributed by atoms with Crippen LogP contribution < -0.4 is 10.9 Å². The van der Waals surface area contributed by atoms with Crippen LogP contribution >= 0.6 is 22.9 Å². The molecule has 0 aliphatic rings. The number of rotatable bonds is 4. The van der Waals surface area contributed by atoms with E-state index in [0.29, 0.717) is 15.2 Å². The number of hydrogen-bond donors (Lipinski definition) is 1. The van der Waals surface area contributed by atoms with E-state index in [4.69, 9.17) is 11.6 Å². The van der Waals surface area contributed by atoms with E-state index in [1.54, 1.807) is 0 Å². The topological polar surface area (TPSA) is 64.0 Å². The maximum atomic E-state index is 12.9.